The summed E-state index contributed by atoms with van der Waals surface area (Å²) in [5, 5.41) is 11.4. The molecule has 0 amide bonds. The summed E-state index contributed by atoms with van der Waals surface area (Å²) in [7, 11) is 1.48. The van der Waals surface area contributed by atoms with Crippen LogP contribution < -0.4 is 9.47 Å². The third kappa shape index (κ3) is 3.21. The van der Waals surface area contributed by atoms with Crippen molar-refractivity contribution in [1.29, 1.82) is 0 Å². The number of hydrogen-bond acceptors (Lipinski definition) is 3. The van der Waals surface area contributed by atoms with Crippen LogP contribution in [0.15, 0.2) is 59.1 Å². The maximum Gasteiger partial charge on any atom is 0.335 e. The van der Waals surface area contributed by atoms with Gasteiger partial charge in [-0.25, -0.2) is 4.79 Å². The first-order chi connectivity index (χ1) is 11.6. The lowest BCUT2D eigenvalue weighted by Gasteiger charge is -2.14. The van der Waals surface area contributed by atoms with Crippen molar-refractivity contribution in [3.05, 3.63) is 70.2 Å². The number of benzene rings is 3. The van der Waals surface area contributed by atoms with Gasteiger partial charge in [-0.3, -0.25) is 0 Å². The van der Waals surface area contributed by atoms with E-state index < -0.39 is 5.97 Å². The minimum atomic E-state index is -1.02. The van der Waals surface area contributed by atoms with E-state index >= 15 is 0 Å². The largest absolute Gasteiger partial charge is 0.493 e. The van der Waals surface area contributed by atoms with Crippen LogP contribution in [0.5, 0.6) is 11.5 Å². The van der Waals surface area contributed by atoms with Crippen molar-refractivity contribution < 1.29 is 19.4 Å². The van der Waals surface area contributed by atoms with Gasteiger partial charge in [0.1, 0.15) is 6.61 Å². The van der Waals surface area contributed by atoms with E-state index in [1.54, 1.807) is 0 Å². The van der Waals surface area contributed by atoms with Crippen molar-refractivity contribution in [2.45, 2.75) is 6.61 Å². The summed E-state index contributed by atoms with van der Waals surface area (Å²) in [6.07, 6.45) is 0. The van der Waals surface area contributed by atoms with Gasteiger partial charge < -0.3 is 14.6 Å². The minimum absolute atomic E-state index is 0.135. The quantitative estimate of drug-likeness (QED) is 0.678. The number of carbonyl (C=O) groups is 1. The zero-order valence-corrected chi connectivity index (χ0v) is 14.5. The average Bonchev–Trinajstić information content (AvgIpc) is 2.60. The number of rotatable bonds is 5. The molecular weight excluding hydrogens is 372 g/mol. The van der Waals surface area contributed by atoms with E-state index in [9.17, 15) is 4.79 Å². The van der Waals surface area contributed by atoms with Crippen molar-refractivity contribution in [3.63, 3.8) is 0 Å². The van der Waals surface area contributed by atoms with Crippen molar-refractivity contribution in [1.82, 2.24) is 0 Å². The van der Waals surface area contributed by atoms with Crippen molar-refractivity contribution in [2.24, 2.45) is 0 Å². The lowest BCUT2D eigenvalue weighted by Crippen LogP contribution is -2.02. The van der Waals surface area contributed by atoms with Gasteiger partial charge in [0.25, 0.3) is 0 Å². The maximum absolute atomic E-state index is 11.1. The minimum Gasteiger partial charge on any atom is -0.493 e. The van der Waals surface area contributed by atoms with E-state index in [0.717, 1.165) is 16.3 Å². The number of aromatic carboxylic acids is 1. The number of fused-ring (bicyclic) bond motifs is 1. The molecule has 122 valence electrons. The van der Waals surface area contributed by atoms with Gasteiger partial charge in [0.15, 0.2) is 11.5 Å². The Hall–Kier alpha value is -2.53. The highest BCUT2D eigenvalue weighted by Crippen LogP contribution is 2.37. The molecule has 3 aromatic rings. The highest BCUT2D eigenvalue weighted by molar-refractivity contribution is 9.10. The summed E-state index contributed by atoms with van der Waals surface area (Å²) in [5.74, 6) is -0.160. The van der Waals surface area contributed by atoms with Crippen LogP contribution in [0.4, 0.5) is 0 Å². The molecule has 3 rings (SSSR count). The second-order valence-electron chi connectivity index (χ2n) is 5.22. The van der Waals surface area contributed by atoms with Gasteiger partial charge in [0.05, 0.1) is 17.1 Å². The predicted molar refractivity (Wildman–Crippen MR) is 95.9 cm³/mol. The first-order valence-electron chi connectivity index (χ1n) is 7.30. The number of carboxylic acids is 1. The number of methoxy groups -OCH3 is 1. The van der Waals surface area contributed by atoms with Crippen LogP contribution >= 0.6 is 15.9 Å². The molecular formula is C19H15BrO4. The molecule has 0 atom stereocenters. The SMILES string of the molecule is COc1cc(C(=O)O)cc(Br)c1OCc1cccc2ccccc12. The molecule has 5 heteroatoms. The van der Waals surface area contributed by atoms with Gasteiger partial charge in [-0.1, -0.05) is 42.5 Å². The molecule has 0 saturated heterocycles. The number of hydrogen-bond donors (Lipinski definition) is 1. The molecule has 24 heavy (non-hydrogen) atoms. The van der Waals surface area contributed by atoms with Crippen molar-refractivity contribution in [2.75, 3.05) is 7.11 Å². The van der Waals surface area contributed by atoms with Crippen LogP contribution in [-0.2, 0) is 6.61 Å². The molecule has 0 aromatic heterocycles. The fraction of sp³-hybridized carbons (Fsp3) is 0.105. The fourth-order valence-corrected chi connectivity index (χ4v) is 3.11. The Morgan fingerprint density at radius 1 is 1.12 bits per heavy atom. The van der Waals surface area contributed by atoms with Gasteiger partial charge in [-0.15, -0.1) is 0 Å². The number of halogens is 1. The summed E-state index contributed by atoms with van der Waals surface area (Å²) in [5.41, 5.74) is 1.18. The van der Waals surface area contributed by atoms with E-state index in [4.69, 9.17) is 14.6 Å². The van der Waals surface area contributed by atoms with Crippen molar-refractivity contribution in [3.8, 4) is 11.5 Å². The molecule has 0 spiro atoms. The zero-order valence-electron chi connectivity index (χ0n) is 13.0. The highest BCUT2D eigenvalue weighted by Gasteiger charge is 2.15. The molecule has 0 saturated carbocycles. The number of carboxylic acid groups (broad SMARTS) is 1. The molecule has 0 fully saturated rings. The van der Waals surface area contributed by atoms with E-state index in [-0.39, 0.29) is 5.56 Å². The molecule has 0 aliphatic rings. The third-order valence-electron chi connectivity index (χ3n) is 3.73. The Morgan fingerprint density at radius 2 is 1.88 bits per heavy atom. The van der Waals surface area contributed by atoms with Gasteiger partial charge in [-0.05, 0) is 44.4 Å². The topological polar surface area (TPSA) is 55.8 Å². The zero-order chi connectivity index (χ0) is 17.1. The molecule has 0 radical (unpaired) electrons. The standard InChI is InChI=1S/C19H15BrO4/c1-23-17-10-14(19(21)22)9-16(20)18(17)24-11-13-7-4-6-12-5-2-3-8-15(12)13/h2-10H,11H2,1H3,(H,21,22). The van der Waals surface area contributed by atoms with E-state index in [0.29, 0.717) is 22.6 Å². The molecule has 0 heterocycles. The molecule has 0 unspecified atom stereocenters. The average molecular weight is 387 g/mol. The molecule has 0 bridgehead atoms. The summed E-state index contributed by atoms with van der Waals surface area (Å²) >= 11 is 3.36. The Bertz CT molecular complexity index is 900. The van der Waals surface area contributed by atoms with Crippen LogP contribution in [0.3, 0.4) is 0 Å². The second-order valence-corrected chi connectivity index (χ2v) is 6.08. The van der Waals surface area contributed by atoms with Gasteiger partial charge in [0.2, 0.25) is 0 Å². The molecule has 1 N–H and O–H groups in total. The summed E-state index contributed by atoms with van der Waals surface area (Å²) in [6.45, 7) is 0.350. The van der Waals surface area contributed by atoms with Crippen LogP contribution in [0, 0.1) is 0 Å². The second kappa shape index (κ2) is 6.93. The van der Waals surface area contributed by atoms with Gasteiger partial charge >= 0.3 is 5.97 Å². The van der Waals surface area contributed by atoms with E-state index in [1.165, 1.54) is 19.2 Å². The van der Waals surface area contributed by atoms with Crippen LogP contribution in [0.2, 0.25) is 0 Å². The summed E-state index contributed by atoms with van der Waals surface area (Å²) in [4.78, 5) is 11.1. The molecule has 0 aliphatic heterocycles. The van der Waals surface area contributed by atoms with Crippen LogP contribution in [0.25, 0.3) is 10.8 Å². The lowest BCUT2D eigenvalue weighted by atomic mass is 10.1. The van der Waals surface area contributed by atoms with E-state index in [2.05, 4.69) is 28.1 Å². The number of ether oxygens (including phenoxy) is 2. The highest BCUT2D eigenvalue weighted by atomic mass is 79.9. The Kier molecular flexibility index (Phi) is 4.71. The molecule has 4 nitrogen and oxygen atoms in total. The van der Waals surface area contributed by atoms with Gasteiger partial charge in [0, 0.05) is 0 Å². The fourth-order valence-electron chi connectivity index (χ4n) is 2.55. The Labute approximate surface area is 147 Å². The molecule has 0 aliphatic carbocycles. The van der Waals surface area contributed by atoms with Crippen LogP contribution in [0.1, 0.15) is 15.9 Å². The Balaban J connectivity index is 1.92. The van der Waals surface area contributed by atoms with Crippen LogP contribution in [-0.4, -0.2) is 18.2 Å². The predicted octanol–water partition coefficient (Wildman–Crippen LogP) is 4.89. The first kappa shape index (κ1) is 16.3. The summed E-state index contributed by atoms with van der Waals surface area (Å²) in [6, 6.07) is 17.1. The maximum atomic E-state index is 11.1. The Morgan fingerprint density at radius 3 is 2.62 bits per heavy atom. The normalized spacial score (nSPS) is 10.6. The smallest absolute Gasteiger partial charge is 0.335 e. The first-order valence-corrected chi connectivity index (χ1v) is 8.09. The third-order valence-corrected chi connectivity index (χ3v) is 4.32. The van der Waals surface area contributed by atoms with Gasteiger partial charge in [-0.2, -0.15) is 0 Å². The lowest BCUT2D eigenvalue weighted by molar-refractivity contribution is 0.0696. The van der Waals surface area contributed by atoms with E-state index in [1.807, 2.05) is 30.3 Å². The summed E-state index contributed by atoms with van der Waals surface area (Å²) < 4.78 is 11.7. The van der Waals surface area contributed by atoms with Crippen molar-refractivity contribution >= 4 is 32.7 Å². The monoisotopic (exact) mass is 386 g/mol. The molecule has 3 aromatic carbocycles.